The normalized spacial score (nSPS) is 22.0. The second-order valence-corrected chi connectivity index (χ2v) is 7.57. The Morgan fingerprint density at radius 3 is 2.64 bits per heavy atom. The molecule has 1 atom stereocenters. The van der Waals surface area contributed by atoms with Crippen LogP contribution in [-0.2, 0) is 15.7 Å². The number of hydrogen-bond donors (Lipinski definition) is 0. The highest BCUT2D eigenvalue weighted by Crippen LogP contribution is 2.34. The van der Waals surface area contributed by atoms with E-state index in [9.17, 15) is 13.2 Å². The molecule has 28 heavy (non-hydrogen) atoms. The van der Waals surface area contributed by atoms with Gasteiger partial charge in [0.1, 0.15) is 0 Å². The lowest BCUT2D eigenvalue weighted by molar-refractivity contribution is -0.137. The van der Waals surface area contributed by atoms with Gasteiger partial charge in [0.05, 0.1) is 29.9 Å². The summed E-state index contributed by atoms with van der Waals surface area (Å²) in [5.74, 6) is 0. The van der Waals surface area contributed by atoms with Gasteiger partial charge in [-0.2, -0.15) is 13.2 Å². The second-order valence-electron chi connectivity index (χ2n) is 7.57. The van der Waals surface area contributed by atoms with E-state index in [0.29, 0.717) is 12.1 Å². The average molecular weight is 394 g/mol. The third-order valence-corrected chi connectivity index (χ3v) is 5.62. The SMILES string of the molecule is FC(F)(F)c1ccc2c(N3CCC(OCC4CCCCO4)CC3)ccnc2c1. The van der Waals surface area contributed by atoms with Gasteiger partial charge in [0.15, 0.2) is 0 Å². The highest BCUT2D eigenvalue weighted by molar-refractivity contribution is 5.92. The van der Waals surface area contributed by atoms with E-state index in [2.05, 4.69) is 9.88 Å². The van der Waals surface area contributed by atoms with Crippen LogP contribution in [0, 0.1) is 0 Å². The molecule has 2 fully saturated rings. The summed E-state index contributed by atoms with van der Waals surface area (Å²) in [7, 11) is 0. The Labute approximate surface area is 162 Å². The van der Waals surface area contributed by atoms with Crippen LogP contribution in [0.4, 0.5) is 18.9 Å². The summed E-state index contributed by atoms with van der Waals surface area (Å²) in [4.78, 5) is 6.36. The molecule has 2 saturated heterocycles. The third kappa shape index (κ3) is 4.41. The van der Waals surface area contributed by atoms with Crippen molar-refractivity contribution in [2.45, 2.75) is 50.5 Å². The first-order chi connectivity index (χ1) is 13.5. The third-order valence-electron chi connectivity index (χ3n) is 5.62. The number of alkyl halides is 3. The van der Waals surface area contributed by atoms with E-state index in [4.69, 9.17) is 9.47 Å². The molecule has 0 aliphatic carbocycles. The van der Waals surface area contributed by atoms with Gasteiger partial charge in [-0.3, -0.25) is 4.98 Å². The lowest BCUT2D eigenvalue weighted by atomic mass is 10.0. The van der Waals surface area contributed by atoms with Crippen molar-refractivity contribution in [1.29, 1.82) is 0 Å². The van der Waals surface area contributed by atoms with Gasteiger partial charge in [0.2, 0.25) is 0 Å². The van der Waals surface area contributed by atoms with Gasteiger partial charge in [-0.05, 0) is 50.3 Å². The Balaban J connectivity index is 1.39. The van der Waals surface area contributed by atoms with E-state index < -0.39 is 11.7 Å². The first kappa shape index (κ1) is 19.5. The fraction of sp³-hybridized carbons (Fsp3) is 0.571. The molecule has 0 N–H and O–H groups in total. The molecule has 0 amide bonds. The maximum atomic E-state index is 13.0. The standard InChI is InChI=1S/C21H25F3N2O2/c22-21(23,24)15-4-5-18-19(13-15)25-9-6-20(18)26-10-7-16(8-11-26)28-14-17-3-1-2-12-27-17/h4-6,9,13,16-17H,1-3,7-8,10-12,14H2. The zero-order valence-electron chi connectivity index (χ0n) is 15.8. The van der Waals surface area contributed by atoms with Gasteiger partial charge in [0.25, 0.3) is 0 Å². The monoisotopic (exact) mass is 394 g/mol. The zero-order chi connectivity index (χ0) is 19.6. The average Bonchev–Trinajstić information content (AvgIpc) is 2.72. The van der Waals surface area contributed by atoms with Crippen LogP contribution in [0.1, 0.15) is 37.7 Å². The van der Waals surface area contributed by atoms with Crippen molar-refractivity contribution in [3.8, 4) is 0 Å². The summed E-state index contributed by atoms with van der Waals surface area (Å²) in [6.07, 6.45) is 2.88. The Hall–Kier alpha value is -1.86. The Morgan fingerprint density at radius 2 is 1.93 bits per heavy atom. The van der Waals surface area contributed by atoms with E-state index in [-0.39, 0.29) is 12.2 Å². The molecule has 3 heterocycles. The highest BCUT2D eigenvalue weighted by Gasteiger charge is 2.31. The van der Waals surface area contributed by atoms with Crippen molar-refractivity contribution in [3.63, 3.8) is 0 Å². The molecule has 2 aliphatic heterocycles. The van der Waals surface area contributed by atoms with Crippen molar-refractivity contribution in [1.82, 2.24) is 4.98 Å². The molecule has 2 aromatic rings. The van der Waals surface area contributed by atoms with E-state index in [1.165, 1.54) is 12.5 Å². The number of benzene rings is 1. The summed E-state index contributed by atoms with van der Waals surface area (Å²) in [5.41, 5.74) is 0.648. The van der Waals surface area contributed by atoms with Crippen LogP contribution in [0.5, 0.6) is 0 Å². The fourth-order valence-corrected chi connectivity index (χ4v) is 4.03. The van der Waals surface area contributed by atoms with E-state index in [1.54, 1.807) is 6.20 Å². The largest absolute Gasteiger partial charge is 0.416 e. The second kappa shape index (κ2) is 8.25. The van der Waals surface area contributed by atoms with E-state index >= 15 is 0 Å². The number of halogens is 3. The van der Waals surface area contributed by atoms with Crippen molar-refractivity contribution in [3.05, 3.63) is 36.0 Å². The molecule has 1 aromatic carbocycles. The number of aromatic nitrogens is 1. The molecule has 0 saturated carbocycles. The molecule has 0 bridgehead atoms. The predicted octanol–water partition coefficient (Wildman–Crippen LogP) is 4.81. The molecule has 152 valence electrons. The number of rotatable bonds is 4. The van der Waals surface area contributed by atoms with Gasteiger partial charge in [-0.1, -0.05) is 6.07 Å². The van der Waals surface area contributed by atoms with Crippen molar-refractivity contribution < 1.29 is 22.6 Å². The Bertz CT molecular complexity index is 798. The number of hydrogen-bond acceptors (Lipinski definition) is 4. The molecule has 7 heteroatoms. The van der Waals surface area contributed by atoms with Gasteiger partial charge in [-0.15, -0.1) is 0 Å². The molecular formula is C21H25F3N2O2. The van der Waals surface area contributed by atoms with Crippen molar-refractivity contribution >= 4 is 16.6 Å². The molecule has 2 aliphatic rings. The molecule has 4 nitrogen and oxygen atoms in total. The topological polar surface area (TPSA) is 34.6 Å². The molecular weight excluding hydrogens is 369 g/mol. The quantitative estimate of drug-likeness (QED) is 0.746. The zero-order valence-corrected chi connectivity index (χ0v) is 15.8. The number of fused-ring (bicyclic) bond motifs is 1. The van der Waals surface area contributed by atoms with Crippen LogP contribution in [-0.4, -0.2) is 43.5 Å². The van der Waals surface area contributed by atoms with Crippen LogP contribution in [0.25, 0.3) is 10.9 Å². The van der Waals surface area contributed by atoms with Crippen LogP contribution in [0.15, 0.2) is 30.5 Å². The maximum absolute atomic E-state index is 13.0. The van der Waals surface area contributed by atoms with E-state index in [1.807, 2.05) is 6.07 Å². The summed E-state index contributed by atoms with van der Waals surface area (Å²) < 4.78 is 50.7. The minimum atomic E-state index is -4.36. The molecule has 1 unspecified atom stereocenters. The van der Waals surface area contributed by atoms with Crippen LogP contribution >= 0.6 is 0 Å². The van der Waals surface area contributed by atoms with Crippen molar-refractivity contribution in [2.24, 2.45) is 0 Å². The first-order valence-corrected chi connectivity index (χ1v) is 9.95. The summed E-state index contributed by atoms with van der Waals surface area (Å²) in [5, 5.41) is 0.755. The molecule has 4 rings (SSSR count). The minimum absolute atomic E-state index is 0.215. The smallest absolute Gasteiger partial charge is 0.376 e. The summed E-state index contributed by atoms with van der Waals surface area (Å²) in [6.45, 7) is 3.12. The molecule has 0 radical (unpaired) electrons. The van der Waals surface area contributed by atoms with Crippen LogP contribution in [0.3, 0.4) is 0 Å². The number of ether oxygens (including phenoxy) is 2. The Kier molecular flexibility index (Phi) is 5.73. The number of piperidine rings is 1. The van der Waals surface area contributed by atoms with Crippen LogP contribution < -0.4 is 4.90 Å². The number of nitrogens with zero attached hydrogens (tertiary/aromatic N) is 2. The molecule has 0 spiro atoms. The Morgan fingerprint density at radius 1 is 1.11 bits per heavy atom. The van der Waals surface area contributed by atoms with Gasteiger partial charge in [0, 0.05) is 37.0 Å². The van der Waals surface area contributed by atoms with Gasteiger partial charge >= 0.3 is 6.18 Å². The predicted molar refractivity (Wildman–Crippen MR) is 102 cm³/mol. The summed E-state index contributed by atoms with van der Waals surface area (Å²) in [6, 6.07) is 5.67. The highest BCUT2D eigenvalue weighted by atomic mass is 19.4. The van der Waals surface area contributed by atoms with Crippen LogP contribution in [0.2, 0.25) is 0 Å². The minimum Gasteiger partial charge on any atom is -0.376 e. The lowest BCUT2D eigenvalue weighted by Crippen LogP contribution is -2.38. The fourth-order valence-electron chi connectivity index (χ4n) is 4.03. The number of anilines is 1. The number of pyridine rings is 1. The molecule has 1 aromatic heterocycles. The van der Waals surface area contributed by atoms with Gasteiger partial charge < -0.3 is 14.4 Å². The summed E-state index contributed by atoms with van der Waals surface area (Å²) >= 11 is 0. The van der Waals surface area contributed by atoms with Gasteiger partial charge in [-0.25, -0.2) is 0 Å². The van der Waals surface area contributed by atoms with E-state index in [0.717, 1.165) is 68.6 Å². The maximum Gasteiger partial charge on any atom is 0.416 e. The first-order valence-electron chi connectivity index (χ1n) is 9.95. The lowest BCUT2D eigenvalue weighted by Gasteiger charge is -2.35. The van der Waals surface area contributed by atoms with Crippen molar-refractivity contribution in [2.75, 3.05) is 31.2 Å².